The quantitative estimate of drug-likeness (QED) is 0.892. The van der Waals surface area contributed by atoms with Crippen LogP contribution in [0.15, 0.2) is 6.07 Å². The average Bonchev–Trinajstić information content (AvgIpc) is 2.79. The molecule has 0 spiro atoms. The molecule has 1 aliphatic heterocycles. The Bertz CT molecular complexity index is 405. The molecule has 1 unspecified atom stereocenters. The molecule has 100 valence electrons. The monoisotopic (exact) mass is 285 g/mol. The van der Waals surface area contributed by atoms with Crippen LogP contribution in [-0.2, 0) is 12.2 Å². The molecule has 0 bridgehead atoms. The number of rotatable bonds is 4. The molecule has 1 amide bonds. The van der Waals surface area contributed by atoms with Crippen molar-refractivity contribution in [3.8, 4) is 0 Å². The molecule has 2 rings (SSSR count). The van der Waals surface area contributed by atoms with Crippen LogP contribution in [0.3, 0.4) is 0 Å². The smallest absolute Gasteiger partial charge is 0.261 e. The second-order valence-electron chi connectivity index (χ2n) is 4.87. The SMILES string of the molecule is CC(C)C(CO)NC(=O)c1cc2c(s1)CCSC2. The maximum atomic E-state index is 12.1. The molecule has 0 saturated carbocycles. The summed E-state index contributed by atoms with van der Waals surface area (Å²) in [4.78, 5) is 14.2. The number of thioether (sulfide) groups is 1. The third-order valence-corrected chi connectivity index (χ3v) is 5.41. The van der Waals surface area contributed by atoms with Gasteiger partial charge in [0.25, 0.3) is 5.91 Å². The number of carbonyl (C=O) groups excluding carboxylic acids is 1. The number of amides is 1. The highest BCUT2D eigenvalue weighted by atomic mass is 32.2. The van der Waals surface area contributed by atoms with E-state index in [1.54, 1.807) is 11.3 Å². The van der Waals surface area contributed by atoms with Crippen molar-refractivity contribution >= 4 is 29.0 Å². The molecule has 5 heteroatoms. The summed E-state index contributed by atoms with van der Waals surface area (Å²) in [5.41, 5.74) is 1.31. The Hall–Kier alpha value is -0.520. The van der Waals surface area contributed by atoms with Crippen LogP contribution in [0.25, 0.3) is 0 Å². The van der Waals surface area contributed by atoms with Crippen LogP contribution >= 0.6 is 23.1 Å². The van der Waals surface area contributed by atoms with E-state index >= 15 is 0 Å². The first-order valence-corrected chi connectivity index (χ1v) is 8.20. The van der Waals surface area contributed by atoms with Gasteiger partial charge in [-0.05, 0) is 29.7 Å². The van der Waals surface area contributed by atoms with Crippen LogP contribution in [0.4, 0.5) is 0 Å². The zero-order chi connectivity index (χ0) is 13.1. The van der Waals surface area contributed by atoms with Crippen molar-refractivity contribution < 1.29 is 9.90 Å². The molecule has 2 N–H and O–H groups in total. The van der Waals surface area contributed by atoms with E-state index in [9.17, 15) is 9.90 Å². The Morgan fingerprint density at radius 2 is 2.33 bits per heavy atom. The Morgan fingerprint density at radius 3 is 2.94 bits per heavy atom. The van der Waals surface area contributed by atoms with Gasteiger partial charge in [-0.3, -0.25) is 4.79 Å². The first-order valence-electron chi connectivity index (χ1n) is 6.23. The minimum atomic E-state index is -0.161. The van der Waals surface area contributed by atoms with E-state index in [1.807, 2.05) is 31.7 Å². The number of aliphatic hydroxyl groups is 1. The topological polar surface area (TPSA) is 49.3 Å². The van der Waals surface area contributed by atoms with E-state index in [-0.39, 0.29) is 24.5 Å². The average molecular weight is 285 g/mol. The fourth-order valence-electron chi connectivity index (χ4n) is 1.92. The first kappa shape index (κ1) is 13.9. The fourth-order valence-corrected chi connectivity index (χ4v) is 4.20. The van der Waals surface area contributed by atoms with Crippen LogP contribution < -0.4 is 5.32 Å². The number of aliphatic hydroxyl groups excluding tert-OH is 1. The maximum absolute atomic E-state index is 12.1. The molecule has 0 aromatic carbocycles. The molecule has 1 aromatic rings. The third kappa shape index (κ3) is 3.08. The second kappa shape index (κ2) is 6.08. The third-order valence-electron chi connectivity index (χ3n) is 3.17. The summed E-state index contributed by atoms with van der Waals surface area (Å²) in [6, 6.07) is 1.85. The summed E-state index contributed by atoms with van der Waals surface area (Å²) in [5.74, 6) is 2.36. The number of fused-ring (bicyclic) bond motifs is 1. The number of hydrogen-bond donors (Lipinski definition) is 2. The summed E-state index contributed by atoms with van der Waals surface area (Å²) in [7, 11) is 0. The van der Waals surface area contributed by atoms with Crippen molar-refractivity contribution in [2.24, 2.45) is 5.92 Å². The van der Waals surface area contributed by atoms with Crippen LogP contribution in [0.2, 0.25) is 0 Å². The van der Waals surface area contributed by atoms with Gasteiger partial charge >= 0.3 is 0 Å². The zero-order valence-corrected chi connectivity index (χ0v) is 12.4. The van der Waals surface area contributed by atoms with E-state index < -0.39 is 0 Å². The normalized spacial score (nSPS) is 16.4. The number of hydrogen-bond acceptors (Lipinski definition) is 4. The molecule has 0 fully saturated rings. The molecule has 0 aliphatic carbocycles. The van der Waals surface area contributed by atoms with E-state index in [1.165, 1.54) is 10.4 Å². The predicted molar refractivity (Wildman–Crippen MR) is 77.4 cm³/mol. The van der Waals surface area contributed by atoms with Crippen molar-refractivity contribution in [1.82, 2.24) is 5.32 Å². The molecule has 0 saturated heterocycles. The molecule has 1 atom stereocenters. The van der Waals surface area contributed by atoms with Gasteiger partial charge in [-0.15, -0.1) is 11.3 Å². The van der Waals surface area contributed by atoms with Gasteiger partial charge in [-0.2, -0.15) is 11.8 Å². The van der Waals surface area contributed by atoms with Crippen LogP contribution in [0.1, 0.15) is 34.0 Å². The minimum Gasteiger partial charge on any atom is -0.394 e. The maximum Gasteiger partial charge on any atom is 0.261 e. The molecule has 3 nitrogen and oxygen atoms in total. The molecule has 18 heavy (non-hydrogen) atoms. The van der Waals surface area contributed by atoms with Crippen molar-refractivity contribution in [1.29, 1.82) is 0 Å². The highest BCUT2D eigenvalue weighted by Gasteiger charge is 2.20. The van der Waals surface area contributed by atoms with Crippen molar-refractivity contribution in [3.63, 3.8) is 0 Å². The lowest BCUT2D eigenvalue weighted by Gasteiger charge is -2.19. The van der Waals surface area contributed by atoms with E-state index in [0.29, 0.717) is 0 Å². The van der Waals surface area contributed by atoms with Gasteiger partial charge in [0.05, 0.1) is 17.5 Å². The number of nitrogens with one attached hydrogen (secondary N) is 1. The van der Waals surface area contributed by atoms with Crippen molar-refractivity contribution in [2.45, 2.75) is 32.1 Å². The van der Waals surface area contributed by atoms with E-state index in [4.69, 9.17) is 0 Å². The van der Waals surface area contributed by atoms with E-state index in [2.05, 4.69) is 5.32 Å². The lowest BCUT2D eigenvalue weighted by Crippen LogP contribution is -2.40. The summed E-state index contributed by atoms with van der Waals surface area (Å²) in [5, 5.41) is 12.1. The van der Waals surface area contributed by atoms with Crippen molar-refractivity contribution in [2.75, 3.05) is 12.4 Å². The molecule has 0 radical (unpaired) electrons. The van der Waals surface area contributed by atoms with Crippen LogP contribution in [0, 0.1) is 5.92 Å². The van der Waals surface area contributed by atoms with Gasteiger partial charge < -0.3 is 10.4 Å². The highest BCUT2D eigenvalue weighted by molar-refractivity contribution is 7.98. The number of aryl methyl sites for hydroxylation is 1. The summed E-state index contributed by atoms with van der Waals surface area (Å²) in [6.07, 6.45) is 1.07. The predicted octanol–water partition coefficient (Wildman–Crippen LogP) is 2.28. The molecular formula is C13H19NO2S2. The number of thiophene rings is 1. The van der Waals surface area contributed by atoms with Crippen LogP contribution in [-0.4, -0.2) is 29.4 Å². The Kier molecular flexibility index (Phi) is 4.70. The lowest BCUT2D eigenvalue weighted by molar-refractivity contribution is 0.0901. The van der Waals surface area contributed by atoms with Gasteiger partial charge in [-0.25, -0.2) is 0 Å². The lowest BCUT2D eigenvalue weighted by atomic mass is 10.1. The minimum absolute atomic E-state index is 0.00958. The van der Waals surface area contributed by atoms with Gasteiger partial charge in [0, 0.05) is 10.6 Å². The summed E-state index contributed by atoms with van der Waals surface area (Å²) < 4.78 is 0. The van der Waals surface area contributed by atoms with Gasteiger partial charge in [-0.1, -0.05) is 13.8 Å². The van der Waals surface area contributed by atoms with E-state index in [0.717, 1.165) is 22.8 Å². The Balaban J connectivity index is 2.06. The molecule has 1 aliphatic rings. The highest BCUT2D eigenvalue weighted by Crippen LogP contribution is 2.31. The van der Waals surface area contributed by atoms with Crippen LogP contribution in [0.5, 0.6) is 0 Å². The molecular weight excluding hydrogens is 266 g/mol. The van der Waals surface area contributed by atoms with Gasteiger partial charge in [0.15, 0.2) is 0 Å². The van der Waals surface area contributed by atoms with Gasteiger partial charge in [0.1, 0.15) is 0 Å². The van der Waals surface area contributed by atoms with Crippen molar-refractivity contribution in [3.05, 3.63) is 21.4 Å². The number of carbonyl (C=O) groups is 1. The first-order chi connectivity index (χ1) is 8.61. The molecule has 2 heterocycles. The fraction of sp³-hybridized carbons (Fsp3) is 0.615. The second-order valence-corrected chi connectivity index (χ2v) is 7.11. The molecule has 1 aromatic heterocycles. The summed E-state index contributed by atoms with van der Waals surface area (Å²) in [6.45, 7) is 3.98. The largest absolute Gasteiger partial charge is 0.394 e. The standard InChI is InChI=1S/C13H19NO2S2/c1-8(2)10(6-15)14-13(16)12-5-9-7-17-4-3-11(9)18-12/h5,8,10,15H,3-4,6-7H2,1-2H3,(H,14,16). The Labute approximate surface area is 116 Å². The zero-order valence-electron chi connectivity index (χ0n) is 10.7. The van der Waals surface area contributed by atoms with Gasteiger partial charge in [0.2, 0.25) is 0 Å². The Morgan fingerprint density at radius 1 is 1.56 bits per heavy atom. The summed E-state index contributed by atoms with van der Waals surface area (Å²) >= 11 is 3.52.